The molecular weight excluding hydrogens is 222 g/mol. The van der Waals surface area contributed by atoms with Crippen LogP contribution in [0.5, 0.6) is 0 Å². The van der Waals surface area contributed by atoms with E-state index in [-0.39, 0.29) is 4.90 Å². The lowest BCUT2D eigenvalue weighted by Crippen LogP contribution is -1.95. The first-order valence-electron chi connectivity index (χ1n) is 5.47. The summed E-state index contributed by atoms with van der Waals surface area (Å²) in [5.74, 6) is 0. The molecular formula is C12H21NO2S. The van der Waals surface area contributed by atoms with Crippen LogP contribution < -0.4 is 0 Å². The molecule has 16 heavy (non-hydrogen) atoms. The Morgan fingerprint density at radius 3 is 1.81 bits per heavy atom. The maximum atomic E-state index is 11.2. The van der Waals surface area contributed by atoms with E-state index in [0.29, 0.717) is 0 Å². The highest BCUT2D eigenvalue weighted by atomic mass is 32.2. The zero-order valence-electron chi connectivity index (χ0n) is 10.6. The summed E-state index contributed by atoms with van der Waals surface area (Å²) < 4.78 is 25.8. The van der Waals surface area contributed by atoms with Crippen molar-refractivity contribution in [2.24, 2.45) is 4.40 Å². The van der Waals surface area contributed by atoms with E-state index < -0.39 is 10.0 Å². The molecule has 4 heteroatoms. The Labute approximate surface area is 99.3 Å². The summed E-state index contributed by atoms with van der Waals surface area (Å²) in [5, 5.41) is 0. The number of nitrogens with zero attached hydrogens (tertiary/aromatic N) is 1. The second-order valence-corrected chi connectivity index (χ2v) is 3.78. The molecule has 0 saturated heterocycles. The Morgan fingerprint density at radius 2 is 1.44 bits per heavy atom. The molecule has 3 nitrogen and oxygen atoms in total. The fourth-order valence-electron chi connectivity index (χ4n) is 0.792. The molecule has 0 atom stereocenters. The van der Waals surface area contributed by atoms with E-state index in [1.54, 1.807) is 25.1 Å². The highest BCUT2D eigenvalue weighted by molar-refractivity contribution is 7.90. The van der Waals surface area contributed by atoms with Gasteiger partial charge in [0.25, 0.3) is 10.0 Å². The molecule has 0 unspecified atom stereocenters. The molecule has 1 aromatic rings. The molecule has 0 radical (unpaired) electrons. The van der Waals surface area contributed by atoms with Gasteiger partial charge in [0.05, 0.1) is 4.90 Å². The van der Waals surface area contributed by atoms with Crippen LogP contribution in [0.15, 0.2) is 39.6 Å². The van der Waals surface area contributed by atoms with Gasteiger partial charge in [-0.25, -0.2) is 0 Å². The second kappa shape index (κ2) is 10.4. The van der Waals surface area contributed by atoms with Crippen molar-refractivity contribution >= 4 is 16.2 Å². The molecule has 0 saturated carbocycles. The first kappa shape index (κ1) is 17.2. The first-order chi connectivity index (χ1) is 7.67. The third kappa shape index (κ3) is 6.35. The lowest BCUT2D eigenvalue weighted by atomic mass is 10.4. The van der Waals surface area contributed by atoms with Crippen LogP contribution in [-0.2, 0) is 10.0 Å². The van der Waals surface area contributed by atoms with E-state index in [1.165, 1.54) is 18.3 Å². The van der Waals surface area contributed by atoms with Crippen LogP contribution >= 0.6 is 0 Å². The third-order valence-corrected chi connectivity index (χ3v) is 2.64. The van der Waals surface area contributed by atoms with Gasteiger partial charge in [-0.3, -0.25) is 0 Å². The number of rotatable bonds is 2. The maximum absolute atomic E-state index is 11.2. The average molecular weight is 243 g/mol. The molecule has 0 aliphatic rings. The number of hydrogen-bond acceptors (Lipinski definition) is 2. The quantitative estimate of drug-likeness (QED) is 0.746. The van der Waals surface area contributed by atoms with Crippen LogP contribution in [0.2, 0.25) is 0 Å². The molecule has 1 aromatic carbocycles. The van der Waals surface area contributed by atoms with E-state index in [2.05, 4.69) is 4.40 Å². The smallest absolute Gasteiger partial charge is 0.199 e. The van der Waals surface area contributed by atoms with Crippen molar-refractivity contribution in [3.63, 3.8) is 0 Å². The minimum absolute atomic E-state index is 0.225. The Balaban J connectivity index is 0. The van der Waals surface area contributed by atoms with Crippen LogP contribution in [0.3, 0.4) is 0 Å². The van der Waals surface area contributed by atoms with Gasteiger partial charge in [0, 0.05) is 6.21 Å². The average Bonchev–Trinajstić information content (AvgIpc) is 2.35. The van der Waals surface area contributed by atoms with Crippen molar-refractivity contribution < 1.29 is 8.42 Å². The number of hydrogen-bond donors (Lipinski definition) is 0. The van der Waals surface area contributed by atoms with Crippen molar-refractivity contribution in [2.75, 3.05) is 0 Å². The largest absolute Gasteiger partial charge is 0.281 e. The first-order valence-corrected chi connectivity index (χ1v) is 6.91. The van der Waals surface area contributed by atoms with Gasteiger partial charge in [0.2, 0.25) is 0 Å². The molecule has 0 spiro atoms. The molecule has 1 rings (SSSR count). The van der Waals surface area contributed by atoms with Crippen LogP contribution in [-0.4, -0.2) is 14.6 Å². The Kier molecular flexibility index (Phi) is 11.2. The summed E-state index contributed by atoms with van der Waals surface area (Å²) in [6, 6.07) is 8.12. The van der Waals surface area contributed by atoms with Crippen molar-refractivity contribution in [2.45, 2.75) is 39.5 Å². The van der Waals surface area contributed by atoms with E-state index >= 15 is 0 Å². The Hall–Kier alpha value is -1.16. The molecule has 0 heterocycles. The summed E-state index contributed by atoms with van der Waals surface area (Å²) in [7, 11) is -3.44. The predicted molar refractivity (Wildman–Crippen MR) is 70.5 cm³/mol. The predicted octanol–water partition coefficient (Wildman–Crippen LogP) is 3.52. The van der Waals surface area contributed by atoms with E-state index in [4.69, 9.17) is 0 Å². The van der Waals surface area contributed by atoms with Gasteiger partial charge >= 0.3 is 0 Å². The summed E-state index contributed by atoms with van der Waals surface area (Å²) >= 11 is 0. The summed E-state index contributed by atoms with van der Waals surface area (Å²) in [5.41, 5.74) is 0. The Bertz CT molecular complexity index is 369. The molecule has 0 aromatic heterocycles. The zero-order chi connectivity index (χ0) is 13.0. The van der Waals surface area contributed by atoms with Gasteiger partial charge in [-0.15, -0.1) is 0 Å². The number of sulfonamides is 1. The summed E-state index contributed by atoms with van der Waals surface area (Å²) in [6.45, 7) is 9.57. The highest BCUT2D eigenvalue weighted by Crippen LogP contribution is 2.09. The van der Waals surface area contributed by atoms with E-state index in [0.717, 1.165) is 0 Å². The van der Waals surface area contributed by atoms with Gasteiger partial charge in [0.15, 0.2) is 0 Å². The standard InChI is InChI=1S/C8H9NO2S.2C2H6/c1-2-9-12(10,11)8-6-4-3-5-7-8;2*1-2/h2-7H,1H3;2*1-2H3. The lowest BCUT2D eigenvalue weighted by Gasteiger charge is -1.95. The molecule has 0 aliphatic heterocycles. The van der Waals surface area contributed by atoms with Gasteiger partial charge in [-0.05, 0) is 19.1 Å². The van der Waals surface area contributed by atoms with Crippen LogP contribution in [0.25, 0.3) is 0 Å². The van der Waals surface area contributed by atoms with E-state index in [1.807, 2.05) is 27.7 Å². The van der Waals surface area contributed by atoms with Crippen LogP contribution in [0, 0.1) is 0 Å². The summed E-state index contributed by atoms with van der Waals surface area (Å²) in [6.07, 6.45) is 1.27. The van der Waals surface area contributed by atoms with Crippen LogP contribution in [0.1, 0.15) is 34.6 Å². The topological polar surface area (TPSA) is 46.5 Å². The molecule has 0 amide bonds. The molecule has 0 fully saturated rings. The van der Waals surface area contributed by atoms with E-state index in [9.17, 15) is 8.42 Å². The zero-order valence-corrected chi connectivity index (χ0v) is 11.5. The third-order valence-electron chi connectivity index (χ3n) is 1.29. The summed E-state index contributed by atoms with van der Waals surface area (Å²) in [4.78, 5) is 0.225. The maximum Gasteiger partial charge on any atom is 0.281 e. The normalized spacial score (nSPS) is 9.81. The van der Waals surface area contributed by atoms with Gasteiger partial charge in [0.1, 0.15) is 0 Å². The monoisotopic (exact) mass is 243 g/mol. The SMILES string of the molecule is CC.CC.CC=NS(=O)(=O)c1ccccc1. The van der Waals surface area contributed by atoms with Crippen molar-refractivity contribution in [1.29, 1.82) is 0 Å². The van der Waals surface area contributed by atoms with Gasteiger partial charge in [-0.2, -0.15) is 12.8 Å². The van der Waals surface area contributed by atoms with Crippen molar-refractivity contribution in [1.82, 2.24) is 0 Å². The second-order valence-electron chi connectivity index (χ2n) is 2.15. The molecule has 0 aliphatic carbocycles. The Morgan fingerprint density at radius 1 is 1.00 bits per heavy atom. The van der Waals surface area contributed by atoms with Gasteiger partial charge in [-0.1, -0.05) is 45.9 Å². The van der Waals surface area contributed by atoms with Crippen molar-refractivity contribution in [3.05, 3.63) is 30.3 Å². The molecule has 0 bridgehead atoms. The fourth-order valence-corrected chi connectivity index (χ4v) is 1.69. The fraction of sp³-hybridized carbons (Fsp3) is 0.417. The number of benzene rings is 1. The van der Waals surface area contributed by atoms with Crippen LogP contribution in [0.4, 0.5) is 0 Å². The molecule has 0 N–H and O–H groups in total. The van der Waals surface area contributed by atoms with Gasteiger partial charge < -0.3 is 0 Å². The minimum atomic E-state index is -3.44. The van der Waals surface area contributed by atoms with Crippen molar-refractivity contribution in [3.8, 4) is 0 Å². The molecule has 92 valence electrons. The lowest BCUT2D eigenvalue weighted by molar-refractivity contribution is 0.598. The highest BCUT2D eigenvalue weighted by Gasteiger charge is 2.08. The minimum Gasteiger partial charge on any atom is -0.199 e.